The summed E-state index contributed by atoms with van der Waals surface area (Å²) in [5, 5.41) is 0. The van der Waals surface area contributed by atoms with Crippen molar-refractivity contribution in [2.45, 2.75) is 72.1 Å². The van der Waals surface area contributed by atoms with Gasteiger partial charge < -0.3 is 4.90 Å². The van der Waals surface area contributed by atoms with E-state index in [1.54, 1.807) is 6.07 Å². The van der Waals surface area contributed by atoms with Crippen molar-refractivity contribution >= 4 is 5.69 Å². The van der Waals surface area contributed by atoms with Gasteiger partial charge in [0.25, 0.3) is 0 Å². The highest BCUT2D eigenvalue weighted by molar-refractivity contribution is 5.56. The zero-order chi connectivity index (χ0) is 19.4. The van der Waals surface area contributed by atoms with Crippen LogP contribution in [0.2, 0.25) is 0 Å². The van der Waals surface area contributed by atoms with Crippen molar-refractivity contribution in [3.63, 3.8) is 0 Å². The number of rotatable bonds is 5. The van der Waals surface area contributed by atoms with Crippen molar-refractivity contribution in [1.82, 2.24) is 4.90 Å². The molecule has 1 aliphatic heterocycles. The van der Waals surface area contributed by atoms with Gasteiger partial charge in [0, 0.05) is 31.9 Å². The smallest absolute Gasteiger partial charge is 0.123 e. The first-order valence-electron chi connectivity index (χ1n) is 11.1. The molecule has 1 aromatic rings. The van der Waals surface area contributed by atoms with Crippen LogP contribution in [0, 0.1) is 17.2 Å². The number of nitrogens with zero attached hydrogens (tertiary/aromatic N) is 2. The predicted octanol–water partition coefficient (Wildman–Crippen LogP) is 6.07. The van der Waals surface area contributed by atoms with Gasteiger partial charge >= 0.3 is 0 Å². The molecule has 27 heavy (non-hydrogen) atoms. The summed E-state index contributed by atoms with van der Waals surface area (Å²) < 4.78 is 14.1. The molecule has 1 aromatic carbocycles. The fourth-order valence-electron chi connectivity index (χ4n) is 5.00. The molecule has 1 heterocycles. The summed E-state index contributed by atoms with van der Waals surface area (Å²) in [7, 11) is 0. The zero-order valence-corrected chi connectivity index (χ0v) is 17.9. The van der Waals surface area contributed by atoms with Crippen LogP contribution in [0.4, 0.5) is 10.1 Å². The molecule has 1 aliphatic carbocycles. The Morgan fingerprint density at radius 3 is 2.26 bits per heavy atom. The molecular weight excluding hydrogens is 335 g/mol. The molecule has 1 saturated carbocycles. The third kappa shape index (κ3) is 5.25. The van der Waals surface area contributed by atoms with Crippen LogP contribution in [0.1, 0.15) is 77.7 Å². The number of anilines is 1. The molecular formula is C24H39FN2. The largest absolute Gasteiger partial charge is 0.369 e. The number of benzene rings is 1. The second-order valence-electron chi connectivity index (χ2n) is 9.80. The Morgan fingerprint density at radius 2 is 1.67 bits per heavy atom. The number of halogens is 1. The van der Waals surface area contributed by atoms with E-state index in [0.29, 0.717) is 11.3 Å². The molecule has 0 atom stereocenters. The molecule has 2 nitrogen and oxygen atoms in total. The molecule has 0 spiro atoms. The maximum Gasteiger partial charge on any atom is 0.123 e. The molecule has 2 fully saturated rings. The maximum absolute atomic E-state index is 14.1. The first-order chi connectivity index (χ1) is 12.9. The number of unbranched alkanes of at least 4 members (excludes halogenated alkanes) is 1. The lowest BCUT2D eigenvalue weighted by Crippen LogP contribution is -2.47. The lowest BCUT2D eigenvalue weighted by Gasteiger charge is -2.40. The van der Waals surface area contributed by atoms with Gasteiger partial charge in [0.1, 0.15) is 5.82 Å². The fourth-order valence-corrected chi connectivity index (χ4v) is 5.00. The van der Waals surface area contributed by atoms with Crippen LogP contribution in [0.15, 0.2) is 18.2 Å². The quantitative estimate of drug-likeness (QED) is 0.617. The lowest BCUT2D eigenvalue weighted by atomic mass is 9.68. The summed E-state index contributed by atoms with van der Waals surface area (Å²) in [6, 6.07) is 5.53. The molecule has 0 aromatic heterocycles. The minimum Gasteiger partial charge on any atom is -0.369 e. The van der Waals surface area contributed by atoms with Crippen LogP contribution < -0.4 is 4.90 Å². The van der Waals surface area contributed by atoms with E-state index in [9.17, 15) is 4.39 Å². The number of hydrogen-bond donors (Lipinski definition) is 0. The van der Waals surface area contributed by atoms with Crippen molar-refractivity contribution in [2.24, 2.45) is 11.3 Å². The zero-order valence-electron chi connectivity index (χ0n) is 17.9. The Bertz CT molecular complexity index is 591. The van der Waals surface area contributed by atoms with Crippen molar-refractivity contribution in [2.75, 3.05) is 37.6 Å². The van der Waals surface area contributed by atoms with Gasteiger partial charge in [-0.1, -0.05) is 34.1 Å². The van der Waals surface area contributed by atoms with Gasteiger partial charge in [-0.15, -0.1) is 0 Å². The molecule has 0 unspecified atom stereocenters. The number of piperazine rings is 1. The van der Waals surface area contributed by atoms with E-state index in [1.165, 1.54) is 56.3 Å². The van der Waals surface area contributed by atoms with Gasteiger partial charge in [-0.25, -0.2) is 4.39 Å². The standard InChI is InChI=1S/C24H39FN2/c1-5-6-13-26-14-16-27(17-15-26)23-12-11-21(25)18-22(23)19-7-9-20(10-8-19)24(2,3)4/h11-12,18-20H,5-10,13-17H2,1-4H3. The third-order valence-corrected chi connectivity index (χ3v) is 6.92. The van der Waals surface area contributed by atoms with E-state index in [2.05, 4.69) is 37.5 Å². The van der Waals surface area contributed by atoms with E-state index in [-0.39, 0.29) is 5.82 Å². The highest BCUT2D eigenvalue weighted by Gasteiger charge is 2.32. The fraction of sp³-hybridized carbons (Fsp3) is 0.750. The van der Waals surface area contributed by atoms with Gasteiger partial charge in [-0.2, -0.15) is 0 Å². The topological polar surface area (TPSA) is 6.48 Å². The second kappa shape index (κ2) is 8.94. The van der Waals surface area contributed by atoms with E-state index in [4.69, 9.17) is 0 Å². The van der Waals surface area contributed by atoms with Gasteiger partial charge in [-0.3, -0.25) is 4.90 Å². The van der Waals surface area contributed by atoms with Crippen molar-refractivity contribution < 1.29 is 4.39 Å². The number of hydrogen-bond acceptors (Lipinski definition) is 2. The highest BCUT2D eigenvalue weighted by Crippen LogP contribution is 2.45. The second-order valence-corrected chi connectivity index (χ2v) is 9.80. The van der Waals surface area contributed by atoms with Crippen LogP contribution in [0.5, 0.6) is 0 Å². The van der Waals surface area contributed by atoms with Crippen molar-refractivity contribution in [3.05, 3.63) is 29.6 Å². The molecule has 0 bridgehead atoms. The van der Waals surface area contributed by atoms with Crippen LogP contribution in [0.3, 0.4) is 0 Å². The average Bonchev–Trinajstić information content (AvgIpc) is 2.66. The van der Waals surface area contributed by atoms with Gasteiger partial charge in [0.2, 0.25) is 0 Å². The monoisotopic (exact) mass is 374 g/mol. The normalized spacial score (nSPS) is 25.0. The third-order valence-electron chi connectivity index (χ3n) is 6.92. The first-order valence-corrected chi connectivity index (χ1v) is 11.1. The van der Waals surface area contributed by atoms with Gasteiger partial charge in [0.15, 0.2) is 0 Å². The van der Waals surface area contributed by atoms with Crippen LogP contribution in [-0.4, -0.2) is 37.6 Å². The summed E-state index contributed by atoms with van der Waals surface area (Å²) >= 11 is 0. The van der Waals surface area contributed by atoms with E-state index >= 15 is 0 Å². The summed E-state index contributed by atoms with van der Waals surface area (Å²) in [5.41, 5.74) is 2.96. The predicted molar refractivity (Wildman–Crippen MR) is 114 cm³/mol. The summed E-state index contributed by atoms with van der Waals surface area (Å²) in [6.07, 6.45) is 7.51. The van der Waals surface area contributed by atoms with Crippen LogP contribution in [-0.2, 0) is 0 Å². The van der Waals surface area contributed by atoms with Crippen molar-refractivity contribution in [1.29, 1.82) is 0 Å². The summed E-state index contributed by atoms with van der Waals surface area (Å²) in [5.74, 6) is 1.24. The minimum absolute atomic E-state index is 0.0757. The summed E-state index contributed by atoms with van der Waals surface area (Å²) in [6.45, 7) is 15.0. The molecule has 0 radical (unpaired) electrons. The Hall–Kier alpha value is -1.09. The Kier molecular flexibility index (Phi) is 6.83. The Morgan fingerprint density at radius 1 is 1.00 bits per heavy atom. The van der Waals surface area contributed by atoms with Gasteiger partial charge in [0.05, 0.1) is 0 Å². The van der Waals surface area contributed by atoms with E-state index in [1.807, 2.05) is 12.1 Å². The van der Waals surface area contributed by atoms with E-state index < -0.39 is 0 Å². The van der Waals surface area contributed by atoms with Gasteiger partial charge in [-0.05, 0) is 79.7 Å². The van der Waals surface area contributed by atoms with Crippen LogP contribution >= 0.6 is 0 Å². The molecule has 0 N–H and O–H groups in total. The van der Waals surface area contributed by atoms with Crippen molar-refractivity contribution in [3.8, 4) is 0 Å². The lowest BCUT2D eigenvalue weighted by molar-refractivity contribution is 0.169. The highest BCUT2D eigenvalue weighted by atomic mass is 19.1. The van der Waals surface area contributed by atoms with Crippen LogP contribution in [0.25, 0.3) is 0 Å². The molecule has 3 heteroatoms. The minimum atomic E-state index is -0.0757. The molecule has 3 rings (SSSR count). The average molecular weight is 375 g/mol. The van der Waals surface area contributed by atoms with E-state index in [0.717, 1.165) is 32.1 Å². The Balaban J connectivity index is 1.68. The molecule has 1 saturated heterocycles. The maximum atomic E-state index is 14.1. The molecule has 2 aliphatic rings. The Labute approximate surface area is 166 Å². The first kappa shape index (κ1) is 20.6. The summed E-state index contributed by atoms with van der Waals surface area (Å²) in [4.78, 5) is 5.09. The SMILES string of the molecule is CCCCN1CCN(c2ccc(F)cc2C2CCC(C(C)(C)C)CC2)CC1. The molecule has 0 amide bonds. The molecule has 152 valence electrons.